The van der Waals surface area contributed by atoms with E-state index in [-0.39, 0.29) is 47.6 Å². The average Bonchev–Trinajstić information content (AvgIpc) is 2.81. The van der Waals surface area contributed by atoms with Crippen molar-refractivity contribution in [1.29, 1.82) is 0 Å². The number of hydrogen-bond donors (Lipinski definition) is 1. The van der Waals surface area contributed by atoms with E-state index in [1.54, 1.807) is 30.0 Å². The molecule has 1 aliphatic heterocycles. The first kappa shape index (κ1) is 25.7. The molecule has 1 aliphatic carbocycles. The Morgan fingerprint density at radius 1 is 1.30 bits per heavy atom. The van der Waals surface area contributed by atoms with Gasteiger partial charge in [-0.3, -0.25) is 4.79 Å². The summed E-state index contributed by atoms with van der Waals surface area (Å²) >= 11 is 0. The molecule has 0 unspecified atom stereocenters. The maximum Gasteiger partial charge on any atom is 0.247 e. The lowest BCUT2D eigenvalue weighted by atomic mass is 9.88. The van der Waals surface area contributed by atoms with Gasteiger partial charge in [-0.1, -0.05) is 44.4 Å². The highest BCUT2D eigenvalue weighted by Gasteiger charge is 2.38. The summed E-state index contributed by atoms with van der Waals surface area (Å²) in [6.45, 7) is 5.85. The lowest BCUT2D eigenvalue weighted by Crippen LogP contribution is -2.50. The van der Waals surface area contributed by atoms with E-state index in [4.69, 9.17) is 4.74 Å². The Balaban J connectivity index is 1.95. The lowest BCUT2D eigenvalue weighted by Gasteiger charge is -2.38. The third-order valence-corrected chi connectivity index (χ3v) is 8.85. The molecule has 0 saturated heterocycles. The first-order chi connectivity index (χ1) is 15.7. The van der Waals surface area contributed by atoms with Gasteiger partial charge in [-0.15, -0.1) is 0 Å². The van der Waals surface area contributed by atoms with Gasteiger partial charge in [0.25, 0.3) is 0 Å². The highest BCUT2D eigenvalue weighted by atomic mass is 32.2. The Hall–Kier alpha value is -1.90. The zero-order valence-electron chi connectivity index (χ0n) is 20.2. The number of carbonyl (C=O) groups excluding carboxylic acids is 1. The van der Waals surface area contributed by atoms with Gasteiger partial charge in [0.15, 0.2) is 0 Å². The smallest absolute Gasteiger partial charge is 0.247 e. The number of aliphatic hydroxyl groups excluding tert-OH is 1. The zero-order valence-corrected chi connectivity index (χ0v) is 21.1. The van der Waals surface area contributed by atoms with Crippen molar-refractivity contribution >= 4 is 22.0 Å². The molecule has 1 heterocycles. The number of sulfonamides is 1. The summed E-state index contributed by atoms with van der Waals surface area (Å²) in [6.07, 6.45) is 8.62. The van der Waals surface area contributed by atoms with Crippen LogP contribution in [0.25, 0.3) is 6.08 Å². The molecule has 33 heavy (non-hydrogen) atoms. The number of rotatable bonds is 6. The SMILES string of the molecule is CC=Cc1ccc2c(c1)O[C@@H](CN(C)C(=O)C1CCCCC1)[C@H](C)CN([C@H](C)CO)S2(=O)=O. The van der Waals surface area contributed by atoms with Gasteiger partial charge in [0.1, 0.15) is 16.7 Å². The zero-order chi connectivity index (χ0) is 24.2. The fourth-order valence-electron chi connectivity index (χ4n) is 4.78. The number of fused-ring (bicyclic) bond motifs is 1. The second kappa shape index (κ2) is 11.0. The fraction of sp³-hybridized carbons (Fsp3) is 0.640. The van der Waals surface area contributed by atoms with Crippen LogP contribution in [-0.4, -0.2) is 67.5 Å². The molecule has 0 bridgehead atoms. The van der Waals surface area contributed by atoms with Crippen molar-refractivity contribution in [2.24, 2.45) is 11.8 Å². The Bertz CT molecular complexity index is 956. The minimum atomic E-state index is -3.86. The van der Waals surface area contributed by atoms with Gasteiger partial charge in [0.05, 0.1) is 13.2 Å². The molecule has 1 aromatic rings. The van der Waals surface area contributed by atoms with Gasteiger partial charge >= 0.3 is 0 Å². The topological polar surface area (TPSA) is 87.2 Å². The van der Waals surface area contributed by atoms with E-state index in [9.17, 15) is 18.3 Å². The van der Waals surface area contributed by atoms with Crippen LogP contribution in [0.5, 0.6) is 5.75 Å². The van der Waals surface area contributed by atoms with Crippen molar-refractivity contribution < 1.29 is 23.1 Å². The van der Waals surface area contributed by atoms with Crippen LogP contribution in [0.1, 0.15) is 58.4 Å². The van der Waals surface area contributed by atoms with Crippen LogP contribution in [0.15, 0.2) is 29.2 Å². The summed E-state index contributed by atoms with van der Waals surface area (Å²) in [6, 6.07) is 4.49. The average molecular weight is 479 g/mol. The molecule has 3 rings (SSSR count). The monoisotopic (exact) mass is 478 g/mol. The Morgan fingerprint density at radius 3 is 2.64 bits per heavy atom. The summed E-state index contributed by atoms with van der Waals surface area (Å²) in [7, 11) is -2.05. The van der Waals surface area contributed by atoms with Crippen LogP contribution in [-0.2, 0) is 14.8 Å². The fourth-order valence-corrected chi connectivity index (χ4v) is 6.60. The maximum atomic E-state index is 13.5. The van der Waals surface area contributed by atoms with Crippen molar-refractivity contribution in [2.45, 2.75) is 69.9 Å². The number of likely N-dealkylation sites (N-methyl/N-ethyl adjacent to an activating group) is 1. The van der Waals surface area contributed by atoms with Crippen LogP contribution < -0.4 is 4.74 Å². The first-order valence-electron chi connectivity index (χ1n) is 12.0. The van der Waals surface area contributed by atoms with E-state index >= 15 is 0 Å². The summed E-state index contributed by atoms with van der Waals surface area (Å²) in [5.41, 5.74) is 0.840. The molecule has 1 N–H and O–H groups in total. The molecule has 2 aliphatic rings. The van der Waals surface area contributed by atoms with Crippen molar-refractivity contribution in [3.63, 3.8) is 0 Å². The van der Waals surface area contributed by atoms with Gasteiger partial charge in [0.2, 0.25) is 15.9 Å². The third kappa shape index (κ3) is 5.78. The molecule has 0 radical (unpaired) electrons. The Morgan fingerprint density at radius 2 is 2.00 bits per heavy atom. The molecular formula is C25H38N2O5S. The van der Waals surface area contributed by atoms with Gasteiger partial charge in [-0.25, -0.2) is 8.42 Å². The molecule has 1 fully saturated rings. The van der Waals surface area contributed by atoms with Crippen LogP contribution >= 0.6 is 0 Å². The first-order valence-corrected chi connectivity index (χ1v) is 13.4. The van der Waals surface area contributed by atoms with Crippen LogP contribution in [0.2, 0.25) is 0 Å². The van der Waals surface area contributed by atoms with Gasteiger partial charge < -0.3 is 14.7 Å². The molecule has 1 saturated carbocycles. The van der Waals surface area contributed by atoms with Crippen LogP contribution in [0.4, 0.5) is 0 Å². The molecule has 0 aromatic heterocycles. The molecule has 1 amide bonds. The standard InChI is InChI=1S/C25H38N2O5S/c1-5-9-20-12-13-24-22(14-20)32-23(16-26(4)25(29)21-10-7-6-8-11-21)18(2)15-27(19(3)17-28)33(24,30)31/h5,9,12-14,18-19,21,23,28H,6-8,10-11,15-17H2,1-4H3/t18-,19-,23+/m1/s1. The quantitative estimate of drug-likeness (QED) is 0.676. The van der Waals surface area contributed by atoms with E-state index in [0.717, 1.165) is 31.2 Å². The molecule has 1 aromatic carbocycles. The van der Waals surface area contributed by atoms with E-state index in [1.165, 1.54) is 10.7 Å². The van der Waals surface area contributed by atoms with Crippen molar-refractivity contribution in [3.8, 4) is 5.75 Å². The Labute approximate surface area is 198 Å². The molecule has 0 spiro atoms. The molecule has 184 valence electrons. The van der Waals surface area contributed by atoms with Crippen molar-refractivity contribution in [1.82, 2.24) is 9.21 Å². The van der Waals surface area contributed by atoms with Gasteiger partial charge in [-0.2, -0.15) is 4.31 Å². The number of ether oxygens (including phenoxy) is 1. The second-order valence-corrected chi connectivity index (χ2v) is 11.4. The largest absolute Gasteiger partial charge is 0.487 e. The number of carbonyl (C=O) groups is 1. The highest BCUT2D eigenvalue weighted by molar-refractivity contribution is 7.89. The summed E-state index contributed by atoms with van der Waals surface area (Å²) < 4.78 is 34.7. The molecule has 3 atom stereocenters. The number of hydrogen-bond acceptors (Lipinski definition) is 5. The van der Waals surface area contributed by atoms with E-state index in [0.29, 0.717) is 6.54 Å². The van der Waals surface area contributed by atoms with E-state index in [1.807, 2.05) is 33.0 Å². The second-order valence-electron chi connectivity index (χ2n) is 9.50. The van der Waals surface area contributed by atoms with Crippen LogP contribution in [0.3, 0.4) is 0 Å². The lowest BCUT2D eigenvalue weighted by molar-refractivity contribution is -0.136. The highest BCUT2D eigenvalue weighted by Crippen LogP contribution is 2.35. The predicted octanol–water partition coefficient (Wildman–Crippen LogP) is 3.53. The number of aliphatic hydroxyl groups is 1. The number of benzene rings is 1. The van der Waals surface area contributed by atoms with Crippen molar-refractivity contribution in [2.75, 3.05) is 26.7 Å². The van der Waals surface area contributed by atoms with E-state index in [2.05, 4.69) is 0 Å². The van der Waals surface area contributed by atoms with Crippen molar-refractivity contribution in [3.05, 3.63) is 29.8 Å². The third-order valence-electron chi connectivity index (χ3n) is 6.83. The minimum absolute atomic E-state index is 0.0625. The Kier molecular flexibility index (Phi) is 8.59. The summed E-state index contributed by atoms with van der Waals surface area (Å²) in [4.78, 5) is 14.9. The maximum absolute atomic E-state index is 13.5. The summed E-state index contributed by atoms with van der Waals surface area (Å²) in [5.74, 6) is 0.306. The summed E-state index contributed by atoms with van der Waals surface area (Å²) in [5, 5.41) is 9.76. The van der Waals surface area contributed by atoms with Gasteiger partial charge in [0, 0.05) is 31.5 Å². The predicted molar refractivity (Wildman–Crippen MR) is 129 cm³/mol. The normalized spacial score (nSPS) is 25.0. The number of allylic oxidation sites excluding steroid dienone is 1. The molecular weight excluding hydrogens is 440 g/mol. The van der Waals surface area contributed by atoms with Gasteiger partial charge in [-0.05, 0) is 44.4 Å². The molecule has 7 nitrogen and oxygen atoms in total. The van der Waals surface area contributed by atoms with Crippen LogP contribution in [0, 0.1) is 11.8 Å². The minimum Gasteiger partial charge on any atom is -0.487 e. The molecule has 8 heteroatoms. The number of nitrogens with zero attached hydrogens (tertiary/aromatic N) is 2. The number of amides is 1. The van der Waals surface area contributed by atoms with E-state index < -0.39 is 16.1 Å².